The van der Waals surface area contributed by atoms with Gasteiger partial charge < -0.3 is 0 Å². The van der Waals surface area contributed by atoms with E-state index < -0.39 is 0 Å². The first-order valence-electron chi connectivity index (χ1n) is 5.24. The second-order valence-corrected chi connectivity index (χ2v) is 7.02. The lowest BCUT2D eigenvalue weighted by Gasteiger charge is -2.04. The minimum atomic E-state index is 0.0106. The molecule has 0 aliphatic carbocycles. The van der Waals surface area contributed by atoms with E-state index in [0.717, 1.165) is 4.90 Å². The highest BCUT2D eigenvalue weighted by atomic mass is 35.5. The van der Waals surface area contributed by atoms with Gasteiger partial charge in [-0.25, -0.2) is 0 Å². The number of aryl methyl sites for hydroxylation is 1. The second kappa shape index (κ2) is 6.11. The van der Waals surface area contributed by atoms with Gasteiger partial charge in [0.15, 0.2) is 5.78 Å². The fourth-order valence-corrected chi connectivity index (χ4v) is 3.88. The number of halogens is 2. The van der Waals surface area contributed by atoms with Crippen LogP contribution < -0.4 is 0 Å². The second-order valence-electron chi connectivity index (χ2n) is 3.72. The normalized spacial score (nSPS) is 10.6. The summed E-state index contributed by atoms with van der Waals surface area (Å²) in [7, 11) is 0. The van der Waals surface area contributed by atoms with Crippen molar-refractivity contribution in [2.45, 2.75) is 11.8 Å². The molecule has 0 bridgehead atoms. The Morgan fingerprint density at radius 1 is 1.33 bits per heavy atom. The zero-order valence-corrected chi connectivity index (χ0v) is 12.7. The third-order valence-electron chi connectivity index (χ3n) is 2.41. The number of hydrogen-bond donors (Lipinski definition) is 0. The van der Waals surface area contributed by atoms with Gasteiger partial charge in [0, 0.05) is 10.5 Å². The molecular weight excluding hydrogens is 307 g/mol. The van der Waals surface area contributed by atoms with Gasteiger partial charge in [-0.3, -0.25) is 4.79 Å². The van der Waals surface area contributed by atoms with E-state index >= 15 is 0 Å². The molecule has 1 aromatic heterocycles. The summed E-state index contributed by atoms with van der Waals surface area (Å²) in [6, 6.07) is 9.62. The van der Waals surface area contributed by atoms with Crippen molar-refractivity contribution in [1.82, 2.24) is 0 Å². The molecule has 0 saturated heterocycles. The first kappa shape index (κ1) is 13.9. The Morgan fingerprint density at radius 2 is 2.06 bits per heavy atom. The molecule has 18 heavy (non-hydrogen) atoms. The third kappa shape index (κ3) is 3.29. The minimum Gasteiger partial charge on any atom is -0.293 e. The van der Waals surface area contributed by atoms with Crippen molar-refractivity contribution in [2.24, 2.45) is 0 Å². The predicted octanol–water partition coefficient (Wildman–Crippen LogP) is 5.34. The van der Waals surface area contributed by atoms with E-state index in [1.807, 2.05) is 31.2 Å². The van der Waals surface area contributed by atoms with Crippen molar-refractivity contribution in [2.75, 3.05) is 5.75 Å². The van der Waals surface area contributed by atoms with Gasteiger partial charge in [-0.1, -0.05) is 41.4 Å². The standard InChI is InChI=1S/C13H10Cl2OS2/c1-8-4-2-3-5-11(8)17-7-10(16)9-6-12(14)18-13(9)15/h2-6H,7H2,1H3. The van der Waals surface area contributed by atoms with Gasteiger partial charge in [0.25, 0.3) is 0 Å². The van der Waals surface area contributed by atoms with Crippen LogP contribution in [0.5, 0.6) is 0 Å². The highest BCUT2D eigenvalue weighted by Crippen LogP contribution is 2.32. The molecule has 0 N–H and O–H groups in total. The average molecular weight is 317 g/mol. The Hall–Kier alpha value is -0.480. The molecule has 0 spiro atoms. The Labute approximate surface area is 124 Å². The molecule has 1 nitrogen and oxygen atoms in total. The van der Waals surface area contributed by atoms with Crippen LogP contribution in [0.2, 0.25) is 8.67 Å². The summed E-state index contributed by atoms with van der Waals surface area (Å²) >= 11 is 14.5. The van der Waals surface area contributed by atoms with E-state index in [1.165, 1.54) is 28.7 Å². The van der Waals surface area contributed by atoms with Crippen LogP contribution in [0.3, 0.4) is 0 Å². The van der Waals surface area contributed by atoms with E-state index in [-0.39, 0.29) is 5.78 Å². The number of carbonyl (C=O) groups excluding carboxylic acids is 1. The van der Waals surface area contributed by atoms with E-state index in [4.69, 9.17) is 23.2 Å². The lowest BCUT2D eigenvalue weighted by molar-refractivity contribution is 0.102. The lowest BCUT2D eigenvalue weighted by atomic mass is 10.2. The number of carbonyl (C=O) groups is 1. The van der Waals surface area contributed by atoms with E-state index in [0.29, 0.717) is 20.0 Å². The number of ketones is 1. The first-order valence-corrected chi connectivity index (χ1v) is 7.80. The molecule has 0 radical (unpaired) electrons. The van der Waals surface area contributed by atoms with Crippen LogP contribution >= 0.6 is 46.3 Å². The zero-order valence-electron chi connectivity index (χ0n) is 9.57. The summed E-state index contributed by atoms with van der Waals surface area (Å²) in [6.45, 7) is 2.03. The molecule has 0 aliphatic heterocycles. The molecule has 0 fully saturated rings. The summed E-state index contributed by atoms with van der Waals surface area (Å²) in [5, 5.41) is 0. The lowest BCUT2D eigenvalue weighted by Crippen LogP contribution is -2.01. The molecule has 0 amide bonds. The number of thiophene rings is 1. The molecule has 1 aromatic carbocycles. The highest BCUT2D eigenvalue weighted by molar-refractivity contribution is 8.00. The van der Waals surface area contributed by atoms with E-state index in [1.54, 1.807) is 6.07 Å². The van der Waals surface area contributed by atoms with Crippen molar-refractivity contribution in [1.29, 1.82) is 0 Å². The summed E-state index contributed by atoms with van der Waals surface area (Å²) < 4.78 is 1.01. The van der Waals surface area contributed by atoms with Gasteiger partial charge in [-0.2, -0.15) is 0 Å². The molecule has 94 valence electrons. The number of thioether (sulfide) groups is 1. The number of hydrogen-bond acceptors (Lipinski definition) is 3. The molecule has 0 atom stereocenters. The quantitative estimate of drug-likeness (QED) is 0.559. The van der Waals surface area contributed by atoms with Crippen LogP contribution in [-0.4, -0.2) is 11.5 Å². The van der Waals surface area contributed by atoms with Crippen molar-refractivity contribution in [3.05, 3.63) is 50.1 Å². The molecule has 0 saturated carbocycles. The number of Topliss-reactive ketones (excluding diaryl/α,β-unsaturated/α-hetero) is 1. The van der Waals surface area contributed by atoms with Gasteiger partial charge in [0.05, 0.1) is 10.1 Å². The molecule has 2 rings (SSSR count). The molecule has 2 aromatic rings. The summed E-state index contributed by atoms with van der Waals surface area (Å²) in [6.07, 6.45) is 0. The average Bonchev–Trinajstić information content (AvgIpc) is 2.67. The molecule has 0 aliphatic rings. The summed E-state index contributed by atoms with van der Waals surface area (Å²) in [5.41, 5.74) is 1.69. The van der Waals surface area contributed by atoms with Crippen LogP contribution in [0.25, 0.3) is 0 Å². The van der Waals surface area contributed by atoms with Gasteiger partial charge in [-0.15, -0.1) is 23.1 Å². The smallest absolute Gasteiger partial charge is 0.175 e. The van der Waals surface area contributed by atoms with Crippen molar-refractivity contribution < 1.29 is 4.79 Å². The van der Waals surface area contributed by atoms with Gasteiger partial charge in [0.1, 0.15) is 4.34 Å². The first-order chi connectivity index (χ1) is 8.58. The predicted molar refractivity (Wildman–Crippen MR) is 80.6 cm³/mol. The summed E-state index contributed by atoms with van der Waals surface area (Å²) in [5.74, 6) is 0.383. The topological polar surface area (TPSA) is 17.1 Å². The molecule has 5 heteroatoms. The van der Waals surface area contributed by atoms with Crippen LogP contribution in [0.4, 0.5) is 0 Å². The fraction of sp³-hybridized carbons (Fsp3) is 0.154. The van der Waals surface area contributed by atoms with E-state index in [9.17, 15) is 4.79 Å². The summed E-state index contributed by atoms with van der Waals surface area (Å²) in [4.78, 5) is 13.1. The maximum absolute atomic E-state index is 12.0. The van der Waals surface area contributed by atoms with Crippen LogP contribution in [0.1, 0.15) is 15.9 Å². The maximum Gasteiger partial charge on any atom is 0.175 e. The largest absolute Gasteiger partial charge is 0.293 e. The van der Waals surface area contributed by atoms with E-state index in [2.05, 4.69) is 0 Å². The van der Waals surface area contributed by atoms with Crippen molar-refractivity contribution >= 4 is 52.1 Å². The third-order valence-corrected chi connectivity index (χ3v) is 5.07. The SMILES string of the molecule is Cc1ccccc1SCC(=O)c1cc(Cl)sc1Cl. The van der Waals surface area contributed by atoms with Crippen LogP contribution in [0, 0.1) is 6.92 Å². The number of rotatable bonds is 4. The minimum absolute atomic E-state index is 0.0106. The van der Waals surface area contributed by atoms with Gasteiger partial charge >= 0.3 is 0 Å². The Kier molecular flexibility index (Phi) is 4.73. The molecule has 1 heterocycles. The monoisotopic (exact) mass is 316 g/mol. The van der Waals surface area contributed by atoms with Crippen molar-refractivity contribution in [3.8, 4) is 0 Å². The Bertz CT molecular complexity index is 578. The van der Waals surface area contributed by atoms with Gasteiger partial charge in [0.2, 0.25) is 0 Å². The van der Waals surface area contributed by atoms with Crippen LogP contribution in [0.15, 0.2) is 35.2 Å². The molecular formula is C13H10Cl2OS2. The van der Waals surface area contributed by atoms with Crippen molar-refractivity contribution in [3.63, 3.8) is 0 Å². The van der Waals surface area contributed by atoms with Crippen LogP contribution in [-0.2, 0) is 0 Å². The Morgan fingerprint density at radius 3 is 2.67 bits per heavy atom. The van der Waals surface area contributed by atoms with Gasteiger partial charge in [-0.05, 0) is 24.6 Å². The fourth-order valence-electron chi connectivity index (χ4n) is 1.47. The number of benzene rings is 1. The molecule has 0 unspecified atom stereocenters. The zero-order chi connectivity index (χ0) is 13.1. The Balaban J connectivity index is 2.05. The highest BCUT2D eigenvalue weighted by Gasteiger charge is 2.14. The maximum atomic E-state index is 12.0.